The molecule has 0 amide bonds. The summed E-state index contributed by atoms with van der Waals surface area (Å²) in [6.07, 6.45) is 4.15. The Balaban J connectivity index is 2.61. The Bertz CT molecular complexity index is 358. The van der Waals surface area contributed by atoms with Crippen LogP contribution in [0, 0.1) is 6.92 Å². The molecule has 1 aromatic carbocycles. The van der Waals surface area contributed by atoms with Crippen LogP contribution in [0.1, 0.15) is 55.5 Å². The number of carbonyl (C=O) groups is 1. The number of rotatable bonds is 6. The van der Waals surface area contributed by atoms with Crippen LogP contribution in [0.5, 0.6) is 0 Å². The zero-order valence-electron chi connectivity index (χ0n) is 11.0. The van der Waals surface area contributed by atoms with Gasteiger partial charge in [-0.15, -0.1) is 0 Å². The van der Waals surface area contributed by atoms with E-state index in [9.17, 15) is 4.79 Å². The Morgan fingerprint density at radius 2 is 2.00 bits per heavy atom. The summed E-state index contributed by atoms with van der Waals surface area (Å²) >= 11 is 0. The van der Waals surface area contributed by atoms with E-state index in [0.717, 1.165) is 31.2 Å². The lowest BCUT2D eigenvalue weighted by Gasteiger charge is -2.16. The van der Waals surface area contributed by atoms with Crippen LogP contribution in [0.25, 0.3) is 0 Å². The molecule has 0 aliphatic rings. The minimum atomic E-state index is -0.189. The lowest BCUT2D eigenvalue weighted by atomic mass is 10.1. The third kappa shape index (κ3) is 4.22. The van der Waals surface area contributed by atoms with Crippen LogP contribution in [0.15, 0.2) is 24.3 Å². The van der Waals surface area contributed by atoms with E-state index in [0.29, 0.717) is 5.56 Å². The van der Waals surface area contributed by atoms with Crippen molar-refractivity contribution in [3.05, 3.63) is 35.4 Å². The summed E-state index contributed by atoms with van der Waals surface area (Å²) in [5, 5.41) is 0. The third-order valence-electron chi connectivity index (χ3n) is 2.97. The van der Waals surface area contributed by atoms with Gasteiger partial charge >= 0.3 is 5.97 Å². The number of carbonyl (C=O) groups excluding carboxylic acids is 1. The number of hydrogen-bond acceptors (Lipinski definition) is 2. The molecule has 0 aliphatic carbocycles. The molecule has 0 aromatic heterocycles. The molecule has 2 nitrogen and oxygen atoms in total. The monoisotopic (exact) mass is 234 g/mol. The van der Waals surface area contributed by atoms with Crippen molar-refractivity contribution in [2.24, 2.45) is 0 Å². The van der Waals surface area contributed by atoms with Gasteiger partial charge in [-0.25, -0.2) is 4.79 Å². The first-order chi connectivity index (χ1) is 8.19. The standard InChI is InChI=1S/C15H22O2/c1-4-6-10-13(5-2)17-15(16)14-11-8-7-9-12(14)3/h7-9,11,13H,4-6,10H2,1-3H3/t13-/m1/s1. The topological polar surface area (TPSA) is 26.3 Å². The zero-order valence-corrected chi connectivity index (χ0v) is 11.0. The van der Waals surface area contributed by atoms with Crippen molar-refractivity contribution in [1.82, 2.24) is 0 Å². The molecule has 0 spiro atoms. The first kappa shape index (κ1) is 13.8. The quantitative estimate of drug-likeness (QED) is 0.692. The van der Waals surface area contributed by atoms with Crippen LogP contribution in [-0.2, 0) is 4.74 Å². The molecule has 0 saturated heterocycles. The predicted molar refractivity (Wildman–Crippen MR) is 70.2 cm³/mol. The molecule has 2 heteroatoms. The Kier molecular flexibility index (Phi) is 5.75. The van der Waals surface area contributed by atoms with E-state index in [1.165, 1.54) is 0 Å². The highest BCUT2D eigenvalue weighted by atomic mass is 16.5. The fourth-order valence-corrected chi connectivity index (χ4v) is 1.79. The van der Waals surface area contributed by atoms with Crippen molar-refractivity contribution < 1.29 is 9.53 Å². The second-order valence-electron chi connectivity index (χ2n) is 4.39. The molecule has 17 heavy (non-hydrogen) atoms. The zero-order chi connectivity index (χ0) is 12.7. The van der Waals surface area contributed by atoms with Gasteiger partial charge in [0.1, 0.15) is 6.10 Å². The van der Waals surface area contributed by atoms with Crippen LogP contribution in [-0.4, -0.2) is 12.1 Å². The first-order valence-electron chi connectivity index (χ1n) is 6.45. The Morgan fingerprint density at radius 3 is 2.59 bits per heavy atom. The summed E-state index contributed by atoms with van der Waals surface area (Å²) in [7, 11) is 0. The van der Waals surface area contributed by atoms with E-state index < -0.39 is 0 Å². The van der Waals surface area contributed by atoms with E-state index in [1.807, 2.05) is 31.2 Å². The Labute approximate surface area is 104 Å². The molecule has 0 fully saturated rings. The summed E-state index contributed by atoms with van der Waals surface area (Å²) in [6.45, 7) is 6.14. The molecule has 94 valence electrons. The van der Waals surface area contributed by atoms with Crippen molar-refractivity contribution in [1.29, 1.82) is 0 Å². The van der Waals surface area contributed by atoms with Crippen LogP contribution in [0.3, 0.4) is 0 Å². The van der Waals surface area contributed by atoms with Crippen LogP contribution >= 0.6 is 0 Å². The predicted octanol–water partition coefficient (Wildman–Crippen LogP) is 4.12. The van der Waals surface area contributed by atoms with Crippen molar-refractivity contribution in [2.75, 3.05) is 0 Å². The van der Waals surface area contributed by atoms with Gasteiger partial charge in [0.2, 0.25) is 0 Å². The Hall–Kier alpha value is -1.31. The summed E-state index contributed by atoms with van der Waals surface area (Å²) in [6, 6.07) is 7.56. The van der Waals surface area contributed by atoms with Gasteiger partial charge in [-0.05, 0) is 31.4 Å². The molecule has 0 saturated carbocycles. The van der Waals surface area contributed by atoms with Crippen LogP contribution in [0.4, 0.5) is 0 Å². The van der Waals surface area contributed by atoms with Crippen molar-refractivity contribution >= 4 is 5.97 Å². The first-order valence-corrected chi connectivity index (χ1v) is 6.45. The number of hydrogen-bond donors (Lipinski definition) is 0. The maximum Gasteiger partial charge on any atom is 0.338 e. The molecule has 1 atom stereocenters. The normalized spacial score (nSPS) is 12.2. The maximum atomic E-state index is 12.0. The molecule has 0 bridgehead atoms. The number of aryl methyl sites for hydroxylation is 1. The number of benzene rings is 1. The highest BCUT2D eigenvalue weighted by molar-refractivity contribution is 5.91. The van der Waals surface area contributed by atoms with Crippen LogP contribution in [0.2, 0.25) is 0 Å². The number of unbranched alkanes of at least 4 members (excludes halogenated alkanes) is 1. The van der Waals surface area contributed by atoms with Gasteiger partial charge in [-0.3, -0.25) is 0 Å². The second-order valence-corrected chi connectivity index (χ2v) is 4.39. The van der Waals surface area contributed by atoms with E-state index in [2.05, 4.69) is 13.8 Å². The fourth-order valence-electron chi connectivity index (χ4n) is 1.79. The lowest BCUT2D eigenvalue weighted by Crippen LogP contribution is -2.18. The fraction of sp³-hybridized carbons (Fsp3) is 0.533. The van der Waals surface area contributed by atoms with Crippen molar-refractivity contribution in [3.8, 4) is 0 Å². The minimum absolute atomic E-state index is 0.0575. The van der Waals surface area contributed by atoms with E-state index in [4.69, 9.17) is 4.74 Å². The average Bonchev–Trinajstić information content (AvgIpc) is 2.34. The van der Waals surface area contributed by atoms with Gasteiger partial charge in [-0.2, -0.15) is 0 Å². The molecule has 0 aliphatic heterocycles. The summed E-state index contributed by atoms with van der Waals surface area (Å²) < 4.78 is 5.53. The van der Waals surface area contributed by atoms with Gasteiger partial charge in [0.05, 0.1) is 5.56 Å². The summed E-state index contributed by atoms with van der Waals surface area (Å²) in [5.41, 5.74) is 1.66. The van der Waals surface area contributed by atoms with E-state index in [1.54, 1.807) is 0 Å². The highest BCUT2D eigenvalue weighted by Gasteiger charge is 2.15. The molecule has 1 aromatic rings. The van der Waals surface area contributed by atoms with Crippen molar-refractivity contribution in [3.63, 3.8) is 0 Å². The van der Waals surface area contributed by atoms with E-state index >= 15 is 0 Å². The smallest absolute Gasteiger partial charge is 0.338 e. The van der Waals surface area contributed by atoms with Gasteiger partial charge in [0.25, 0.3) is 0 Å². The third-order valence-corrected chi connectivity index (χ3v) is 2.97. The van der Waals surface area contributed by atoms with E-state index in [-0.39, 0.29) is 12.1 Å². The molecular formula is C15H22O2. The SMILES string of the molecule is CCCC[C@@H](CC)OC(=O)c1ccccc1C. The molecular weight excluding hydrogens is 212 g/mol. The largest absolute Gasteiger partial charge is 0.459 e. The van der Waals surface area contributed by atoms with Gasteiger partial charge in [-0.1, -0.05) is 44.9 Å². The molecule has 1 rings (SSSR count). The molecule has 0 N–H and O–H groups in total. The minimum Gasteiger partial charge on any atom is -0.459 e. The van der Waals surface area contributed by atoms with Crippen molar-refractivity contribution in [2.45, 2.75) is 52.6 Å². The molecule has 0 heterocycles. The van der Waals surface area contributed by atoms with Crippen LogP contribution < -0.4 is 0 Å². The molecule has 0 unspecified atom stereocenters. The highest BCUT2D eigenvalue weighted by Crippen LogP contribution is 2.14. The Morgan fingerprint density at radius 1 is 1.29 bits per heavy atom. The average molecular weight is 234 g/mol. The molecule has 0 radical (unpaired) electrons. The summed E-state index contributed by atoms with van der Waals surface area (Å²) in [4.78, 5) is 12.0. The van der Waals surface area contributed by atoms with Gasteiger partial charge in [0.15, 0.2) is 0 Å². The number of esters is 1. The second kappa shape index (κ2) is 7.10. The van der Waals surface area contributed by atoms with Gasteiger partial charge in [0, 0.05) is 0 Å². The maximum absolute atomic E-state index is 12.0. The summed E-state index contributed by atoms with van der Waals surface area (Å²) in [5.74, 6) is -0.189. The van der Waals surface area contributed by atoms with Gasteiger partial charge < -0.3 is 4.74 Å². The lowest BCUT2D eigenvalue weighted by molar-refractivity contribution is 0.0267. The number of ether oxygens (including phenoxy) is 1.